The zero-order valence-electron chi connectivity index (χ0n) is 17.1. The van der Waals surface area contributed by atoms with Crippen LogP contribution >= 0.6 is 11.8 Å². The lowest BCUT2D eigenvalue weighted by Gasteiger charge is -2.56. The molecule has 4 aliphatic carbocycles. The van der Waals surface area contributed by atoms with E-state index in [2.05, 4.69) is 34.5 Å². The minimum absolute atomic E-state index is 0.0328. The second kappa shape index (κ2) is 7.19. The van der Waals surface area contributed by atoms with Gasteiger partial charge in [0.15, 0.2) is 0 Å². The molecule has 0 N–H and O–H groups in total. The molecule has 0 saturated heterocycles. The summed E-state index contributed by atoms with van der Waals surface area (Å²) in [5.74, 6) is 3.39. The Morgan fingerprint density at radius 3 is 2.10 bits per heavy atom. The normalized spacial score (nSPS) is 29.4. The Morgan fingerprint density at radius 1 is 0.833 bits per heavy atom. The van der Waals surface area contributed by atoms with Crippen LogP contribution in [-0.2, 0) is 4.79 Å². The number of hydrogen-bond donors (Lipinski definition) is 0. The maximum absolute atomic E-state index is 13.4. The molecular weight excluding hydrogens is 388 g/mol. The van der Waals surface area contributed by atoms with Crippen LogP contribution in [0.3, 0.4) is 0 Å². The lowest BCUT2D eigenvalue weighted by Crippen LogP contribution is -2.50. The summed E-state index contributed by atoms with van der Waals surface area (Å²) in [6.45, 7) is 0. The van der Waals surface area contributed by atoms with Crippen LogP contribution in [-0.4, -0.2) is 21.7 Å². The van der Waals surface area contributed by atoms with Crippen LogP contribution in [0.1, 0.15) is 38.5 Å². The minimum Gasteiger partial charge on any atom is -0.298 e. The minimum atomic E-state index is -0.0328. The number of Topliss-reactive ketones (excluding diaryl/α,β-unsaturated/α-hetero) is 1. The lowest BCUT2D eigenvalue weighted by molar-refractivity contribution is -0.141. The molecule has 2 aromatic carbocycles. The van der Waals surface area contributed by atoms with Gasteiger partial charge in [0.1, 0.15) is 16.5 Å². The first kappa shape index (κ1) is 18.6. The van der Waals surface area contributed by atoms with E-state index in [-0.39, 0.29) is 5.41 Å². The molecule has 4 fully saturated rings. The highest BCUT2D eigenvalue weighted by Gasteiger charge is 2.54. The van der Waals surface area contributed by atoms with E-state index in [0.717, 1.165) is 64.1 Å². The summed E-state index contributed by atoms with van der Waals surface area (Å²) in [7, 11) is 0. The Balaban J connectivity index is 1.27. The fourth-order valence-electron chi connectivity index (χ4n) is 6.73. The quantitative estimate of drug-likeness (QED) is 0.468. The average Bonchev–Trinajstić information content (AvgIpc) is 2.77. The first-order chi connectivity index (χ1) is 14.7. The molecule has 152 valence electrons. The van der Waals surface area contributed by atoms with Crippen LogP contribution in [0.5, 0.6) is 0 Å². The van der Waals surface area contributed by atoms with E-state index in [1.54, 1.807) is 11.8 Å². The molecule has 0 unspecified atom stereocenters. The maximum atomic E-state index is 13.4. The van der Waals surface area contributed by atoms with E-state index in [0.29, 0.717) is 11.5 Å². The molecule has 3 aromatic rings. The molecular formula is C26H26N2OS. The molecule has 3 nitrogen and oxygen atoms in total. The number of nitrogens with zero attached hydrogens (tertiary/aromatic N) is 2. The van der Waals surface area contributed by atoms with Crippen LogP contribution in [0.25, 0.3) is 22.0 Å². The molecule has 4 heteroatoms. The van der Waals surface area contributed by atoms with Gasteiger partial charge >= 0.3 is 0 Å². The number of fused-ring (bicyclic) bond motifs is 1. The van der Waals surface area contributed by atoms with Crippen molar-refractivity contribution in [2.24, 2.45) is 23.2 Å². The van der Waals surface area contributed by atoms with Crippen molar-refractivity contribution >= 4 is 28.3 Å². The van der Waals surface area contributed by atoms with Crippen molar-refractivity contribution in [3.05, 3.63) is 54.6 Å². The van der Waals surface area contributed by atoms with Crippen LogP contribution in [0.15, 0.2) is 59.6 Å². The van der Waals surface area contributed by atoms with Crippen molar-refractivity contribution in [2.75, 3.05) is 5.75 Å². The largest absolute Gasteiger partial charge is 0.298 e. The zero-order chi connectivity index (χ0) is 20.1. The monoisotopic (exact) mass is 414 g/mol. The Kier molecular flexibility index (Phi) is 4.45. The lowest BCUT2D eigenvalue weighted by atomic mass is 9.48. The highest BCUT2D eigenvalue weighted by atomic mass is 32.2. The van der Waals surface area contributed by atoms with Gasteiger partial charge in [0.05, 0.1) is 5.75 Å². The fourth-order valence-corrected chi connectivity index (χ4v) is 7.74. The van der Waals surface area contributed by atoms with Crippen LogP contribution in [0.2, 0.25) is 0 Å². The van der Waals surface area contributed by atoms with E-state index < -0.39 is 0 Å². The van der Waals surface area contributed by atoms with E-state index in [1.807, 2.05) is 30.3 Å². The molecule has 0 atom stereocenters. The third-order valence-electron chi connectivity index (χ3n) is 7.67. The van der Waals surface area contributed by atoms with Gasteiger partial charge in [-0.2, -0.15) is 0 Å². The summed E-state index contributed by atoms with van der Waals surface area (Å²) in [6, 6.07) is 18.5. The van der Waals surface area contributed by atoms with Gasteiger partial charge in [-0.3, -0.25) is 4.79 Å². The van der Waals surface area contributed by atoms with Gasteiger partial charge in [-0.1, -0.05) is 66.4 Å². The molecule has 0 aliphatic heterocycles. The third-order valence-corrected chi connectivity index (χ3v) is 8.65. The van der Waals surface area contributed by atoms with E-state index in [9.17, 15) is 4.79 Å². The summed E-state index contributed by atoms with van der Waals surface area (Å²) >= 11 is 1.59. The van der Waals surface area contributed by atoms with E-state index in [1.165, 1.54) is 19.3 Å². The summed E-state index contributed by atoms with van der Waals surface area (Å²) in [5.41, 5.74) is 1.94. The number of aromatic nitrogens is 2. The predicted molar refractivity (Wildman–Crippen MR) is 121 cm³/mol. The van der Waals surface area contributed by atoms with E-state index >= 15 is 0 Å². The van der Waals surface area contributed by atoms with Gasteiger partial charge in [0.25, 0.3) is 0 Å². The highest BCUT2D eigenvalue weighted by molar-refractivity contribution is 8.00. The first-order valence-corrected chi connectivity index (χ1v) is 12.2. The molecule has 1 heterocycles. The smallest absolute Gasteiger partial charge is 0.149 e. The molecule has 1 aromatic heterocycles. The molecule has 4 aliphatic rings. The second-order valence-electron chi connectivity index (χ2n) is 9.68. The van der Waals surface area contributed by atoms with Gasteiger partial charge in [0.2, 0.25) is 0 Å². The predicted octanol–water partition coefficient (Wildman–Crippen LogP) is 6.17. The fraction of sp³-hybridized carbons (Fsp3) is 0.423. The van der Waals surface area contributed by atoms with Crippen molar-refractivity contribution in [3.8, 4) is 11.3 Å². The van der Waals surface area contributed by atoms with Crippen LogP contribution in [0, 0.1) is 23.2 Å². The second-order valence-corrected chi connectivity index (χ2v) is 10.6. The number of carbonyl (C=O) groups is 1. The van der Waals surface area contributed by atoms with Gasteiger partial charge in [-0.15, -0.1) is 10.2 Å². The summed E-state index contributed by atoms with van der Waals surface area (Å²) in [6.07, 6.45) is 7.53. The Hall–Kier alpha value is -2.20. The van der Waals surface area contributed by atoms with Gasteiger partial charge < -0.3 is 0 Å². The molecule has 4 bridgehead atoms. The number of rotatable bonds is 5. The van der Waals surface area contributed by atoms with E-state index in [4.69, 9.17) is 0 Å². The van der Waals surface area contributed by atoms with Crippen molar-refractivity contribution in [1.82, 2.24) is 10.2 Å². The van der Waals surface area contributed by atoms with Crippen LogP contribution in [0.4, 0.5) is 0 Å². The maximum Gasteiger partial charge on any atom is 0.149 e. The summed E-state index contributed by atoms with van der Waals surface area (Å²) in [5, 5.41) is 12.2. The molecule has 7 rings (SSSR count). The molecule has 0 amide bonds. The zero-order valence-corrected chi connectivity index (χ0v) is 17.9. The Morgan fingerprint density at radius 2 is 1.43 bits per heavy atom. The Labute approximate surface area is 181 Å². The molecule has 0 spiro atoms. The van der Waals surface area contributed by atoms with Crippen molar-refractivity contribution < 1.29 is 4.79 Å². The highest BCUT2D eigenvalue weighted by Crippen LogP contribution is 2.60. The summed E-state index contributed by atoms with van der Waals surface area (Å²) < 4.78 is 0. The molecule has 30 heavy (non-hydrogen) atoms. The van der Waals surface area contributed by atoms with Gasteiger partial charge in [-0.25, -0.2) is 0 Å². The number of ketones is 1. The molecule has 4 saturated carbocycles. The number of thioether (sulfide) groups is 1. The standard InChI is InChI=1S/C26H26N2OS/c29-23(26-13-17-10-18(14-26)12-19(11-17)15-26)16-30-25-22-9-5-4-8-21(22)24(27-28-25)20-6-2-1-3-7-20/h1-9,17-19H,10-16H2. The molecule has 0 radical (unpaired) electrons. The van der Waals surface area contributed by atoms with Crippen LogP contribution < -0.4 is 0 Å². The van der Waals surface area contributed by atoms with Gasteiger partial charge in [-0.05, 0) is 56.3 Å². The third kappa shape index (κ3) is 3.08. The van der Waals surface area contributed by atoms with Crippen molar-refractivity contribution in [2.45, 2.75) is 43.6 Å². The van der Waals surface area contributed by atoms with Crippen molar-refractivity contribution in [1.29, 1.82) is 0 Å². The first-order valence-electron chi connectivity index (χ1n) is 11.2. The number of benzene rings is 2. The van der Waals surface area contributed by atoms with Gasteiger partial charge in [0, 0.05) is 21.8 Å². The average molecular weight is 415 g/mol. The topological polar surface area (TPSA) is 42.9 Å². The Bertz CT molecular complexity index is 1080. The number of carbonyl (C=O) groups excluding carboxylic acids is 1. The van der Waals surface area contributed by atoms with Crippen molar-refractivity contribution in [3.63, 3.8) is 0 Å². The SMILES string of the molecule is O=C(CSc1nnc(-c2ccccc2)c2ccccc12)C12CC3CC(CC(C3)C1)C2. The summed E-state index contributed by atoms with van der Waals surface area (Å²) in [4.78, 5) is 13.4. The number of hydrogen-bond acceptors (Lipinski definition) is 4.